The second-order valence-corrected chi connectivity index (χ2v) is 2.47. The van der Waals surface area contributed by atoms with Crippen molar-refractivity contribution in [1.82, 2.24) is 4.98 Å². The van der Waals surface area contributed by atoms with Crippen LogP contribution in [-0.2, 0) is 0 Å². The van der Waals surface area contributed by atoms with Crippen LogP contribution in [0, 0.1) is 11.3 Å². The van der Waals surface area contributed by atoms with E-state index in [-0.39, 0.29) is 5.82 Å². The van der Waals surface area contributed by atoms with Crippen molar-refractivity contribution in [3.8, 4) is 11.8 Å². The van der Waals surface area contributed by atoms with Crippen molar-refractivity contribution >= 4 is 11.6 Å². The Morgan fingerprint density at radius 2 is 2.00 bits per heavy atom. The number of hydrogen-bond acceptors (Lipinski definition) is 5. The number of anilines is 2. The zero-order valence-corrected chi connectivity index (χ0v) is 7.17. The molecule has 5 nitrogen and oxygen atoms in total. The number of nitriles is 1. The fourth-order valence-corrected chi connectivity index (χ4v) is 0.880. The second kappa shape index (κ2) is 3.53. The van der Waals surface area contributed by atoms with Gasteiger partial charge in [-0.25, -0.2) is 4.98 Å². The Hall–Kier alpha value is -2.17. The van der Waals surface area contributed by atoms with Crippen molar-refractivity contribution in [2.45, 2.75) is 6.36 Å². The maximum atomic E-state index is 11.9. The highest BCUT2D eigenvalue weighted by Crippen LogP contribution is 2.31. The number of aromatic nitrogens is 1. The highest BCUT2D eigenvalue weighted by atomic mass is 19.4. The van der Waals surface area contributed by atoms with Crippen LogP contribution in [0.3, 0.4) is 0 Å². The molecule has 0 bridgehead atoms. The molecular weight excluding hydrogens is 213 g/mol. The zero-order chi connectivity index (χ0) is 11.6. The minimum Gasteiger partial charge on any atom is -0.400 e. The molecule has 4 N–H and O–H groups in total. The lowest BCUT2D eigenvalue weighted by molar-refractivity contribution is -0.274. The van der Waals surface area contributed by atoms with Gasteiger partial charge in [-0.05, 0) is 0 Å². The number of pyridine rings is 1. The van der Waals surface area contributed by atoms with Gasteiger partial charge in [-0.1, -0.05) is 0 Å². The van der Waals surface area contributed by atoms with E-state index in [4.69, 9.17) is 16.7 Å². The molecule has 8 heteroatoms. The highest BCUT2D eigenvalue weighted by molar-refractivity contribution is 5.60. The minimum absolute atomic E-state index is 0.154. The second-order valence-electron chi connectivity index (χ2n) is 2.47. The molecule has 15 heavy (non-hydrogen) atoms. The van der Waals surface area contributed by atoms with Gasteiger partial charge in [0.1, 0.15) is 17.5 Å². The van der Waals surface area contributed by atoms with Crippen molar-refractivity contribution in [3.63, 3.8) is 0 Å². The third-order valence-electron chi connectivity index (χ3n) is 1.36. The first-order chi connectivity index (χ1) is 6.83. The van der Waals surface area contributed by atoms with Crippen molar-refractivity contribution in [1.29, 1.82) is 5.26 Å². The molecule has 0 fully saturated rings. The summed E-state index contributed by atoms with van der Waals surface area (Å²) in [6, 6.07) is 2.42. The molecule has 0 aromatic carbocycles. The maximum absolute atomic E-state index is 11.9. The molecule has 1 aromatic heterocycles. The number of ether oxygens (including phenoxy) is 1. The van der Waals surface area contributed by atoms with Crippen molar-refractivity contribution in [2.24, 2.45) is 0 Å². The van der Waals surface area contributed by atoms with Gasteiger partial charge in [0.15, 0.2) is 11.6 Å². The number of hydrogen-bond donors (Lipinski definition) is 2. The van der Waals surface area contributed by atoms with E-state index >= 15 is 0 Å². The van der Waals surface area contributed by atoms with Crippen LogP contribution in [-0.4, -0.2) is 11.3 Å². The smallest absolute Gasteiger partial charge is 0.400 e. The zero-order valence-electron chi connectivity index (χ0n) is 7.17. The summed E-state index contributed by atoms with van der Waals surface area (Å²) >= 11 is 0. The quantitative estimate of drug-likeness (QED) is 0.733. The molecule has 1 rings (SSSR count). The Balaban J connectivity index is 3.23. The average molecular weight is 218 g/mol. The Bertz CT molecular complexity index is 423. The van der Waals surface area contributed by atoms with Crippen LogP contribution in [0.25, 0.3) is 0 Å². The largest absolute Gasteiger partial charge is 0.573 e. The van der Waals surface area contributed by atoms with Gasteiger partial charge in [-0.15, -0.1) is 13.2 Å². The summed E-state index contributed by atoms with van der Waals surface area (Å²) < 4.78 is 39.2. The van der Waals surface area contributed by atoms with Crippen LogP contribution < -0.4 is 16.2 Å². The molecule has 1 heterocycles. The Morgan fingerprint density at radius 3 is 2.47 bits per heavy atom. The molecule has 0 amide bonds. The molecule has 0 spiro atoms. The lowest BCUT2D eigenvalue weighted by Crippen LogP contribution is -2.19. The molecule has 0 aliphatic heterocycles. The maximum Gasteiger partial charge on any atom is 0.573 e. The lowest BCUT2D eigenvalue weighted by atomic mass is 10.2. The van der Waals surface area contributed by atoms with Gasteiger partial charge >= 0.3 is 6.36 Å². The van der Waals surface area contributed by atoms with Gasteiger partial charge in [0.05, 0.1) is 0 Å². The van der Waals surface area contributed by atoms with Crippen LogP contribution >= 0.6 is 0 Å². The normalized spacial score (nSPS) is 10.8. The molecular formula is C7H5F3N4O. The predicted molar refractivity (Wildman–Crippen MR) is 44.5 cm³/mol. The molecule has 0 saturated carbocycles. The Labute approximate surface area is 82.1 Å². The van der Waals surface area contributed by atoms with Gasteiger partial charge in [0.2, 0.25) is 0 Å². The summed E-state index contributed by atoms with van der Waals surface area (Å²) in [7, 11) is 0. The average Bonchev–Trinajstić information content (AvgIpc) is 2.07. The monoisotopic (exact) mass is 218 g/mol. The number of rotatable bonds is 1. The fourth-order valence-electron chi connectivity index (χ4n) is 0.880. The Morgan fingerprint density at radius 1 is 1.40 bits per heavy atom. The number of alkyl halides is 3. The first kappa shape index (κ1) is 10.9. The Kier molecular flexibility index (Phi) is 2.57. The van der Waals surface area contributed by atoms with E-state index < -0.39 is 23.5 Å². The highest BCUT2D eigenvalue weighted by Gasteiger charge is 2.33. The molecule has 0 radical (unpaired) electrons. The van der Waals surface area contributed by atoms with E-state index in [0.717, 1.165) is 6.07 Å². The first-order valence-corrected chi connectivity index (χ1v) is 3.55. The SMILES string of the molecule is N#Cc1cc(N)nc(N)c1OC(F)(F)F. The van der Waals surface area contributed by atoms with Crippen LogP contribution in [0.1, 0.15) is 5.56 Å². The third-order valence-corrected chi connectivity index (χ3v) is 1.36. The molecule has 0 unspecified atom stereocenters. The molecule has 0 aliphatic rings. The van der Waals surface area contributed by atoms with E-state index in [2.05, 4.69) is 9.72 Å². The number of nitrogens with two attached hydrogens (primary N) is 2. The summed E-state index contributed by atoms with van der Waals surface area (Å²) in [6.07, 6.45) is -4.93. The van der Waals surface area contributed by atoms with Crippen molar-refractivity contribution in [2.75, 3.05) is 11.5 Å². The number of halogens is 3. The molecule has 1 aromatic rings. The minimum atomic E-state index is -4.93. The number of nitrogen functional groups attached to an aromatic ring is 2. The third kappa shape index (κ3) is 2.63. The summed E-state index contributed by atoms with van der Waals surface area (Å²) in [5.74, 6) is -1.57. The van der Waals surface area contributed by atoms with Crippen LogP contribution in [0.5, 0.6) is 5.75 Å². The fraction of sp³-hybridized carbons (Fsp3) is 0.143. The van der Waals surface area contributed by atoms with Crippen molar-refractivity contribution < 1.29 is 17.9 Å². The van der Waals surface area contributed by atoms with Gasteiger partial charge < -0.3 is 16.2 Å². The van der Waals surface area contributed by atoms with Crippen LogP contribution in [0.15, 0.2) is 6.07 Å². The predicted octanol–water partition coefficient (Wildman–Crippen LogP) is 1.02. The van der Waals surface area contributed by atoms with E-state index in [1.54, 1.807) is 0 Å². The van der Waals surface area contributed by atoms with E-state index in [9.17, 15) is 13.2 Å². The first-order valence-electron chi connectivity index (χ1n) is 3.55. The van der Waals surface area contributed by atoms with E-state index in [0.29, 0.717) is 0 Å². The van der Waals surface area contributed by atoms with Gasteiger partial charge in [-0.2, -0.15) is 5.26 Å². The standard InChI is InChI=1S/C7H5F3N4O/c8-7(9,10)15-5-3(2-11)1-4(12)14-6(5)13/h1H,(H4,12,13,14). The van der Waals surface area contributed by atoms with Crippen molar-refractivity contribution in [3.05, 3.63) is 11.6 Å². The van der Waals surface area contributed by atoms with Gasteiger partial charge in [-0.3, -0.25) is 0 Å². The molecule has 0 atom stereocenters. The molecule has 0 saturated heterocycles. The summed E-state index contributed by atoms with van der Waals surface area (Å²) in [4.78, 5) is 3.35. The molecule has 0 aliphatic carbocycles. The summed E-state index contributed by atoms with van der Waals surface area (Å²) in [5.41, 5.74) is 9.91. The van der Waals surface area contributed by atoms with E-state index in [1.165, 1.54) is 6.07 Å². The van der Waals surface area contributed by atoms with Crippen LogP contribution in [0.2, 0.25) is 0 Å². The number of nitrogens with zero attached hydrogens (tertiary/aromatic N) is 2. The lowest BCUT2D eigenvalue weighted by Gasteiger charge is -2.11. The summed E-state index contributed by atoms with van der Waals surface area (Å²) in [5, 5.41) is 8.53. The topological polar surface area (TPSA) is 98.0 Å². The van der Waals surface area contributed by atoms with Gasteiger partial charge in [0.25, 0.3) is 0 Å². The van der Waals surface area contributed by atoms with E-state index in [1.807, 2.05) is 0 Å². The van der Waals surface area contributed by atoms with Gasteiger partial charge in [0, 0.05) is 6.07 Å². The van der Waals surface area contributed by atoms with Crippen LogP contribution in [0.4, 0.5) is 24.8 Å². The summed E-state index contributed by atoms with van der Waals surface area (Å²) in [6.45, 7) is 0. The molecule has 80 valence electrons.